The minimum atomic E-state index is 0.872. The molecule has 3 rings (SSSR count). The van der Waals surface area contributed by atoms with E-state index in [0.29, 0.717) is 0 Å². The van der Waals surface area contributed by atoms with Crippen molar-refractivity contribution in [3.05, 3.63) is 52.2 Å². The molecule has 2 aliphatic carbocycles. The van der Waals surface area contributed by atoms with E-state index >= 15 is 0 Å². The fourth-order valence-electron chi connectivity index (χ4n) is 3.63. The fourth-order valence-corrected chi connectivity index (χ4v) is 5.07. The summed E-state index contributed by atoms with van der Waals surface area (Å²) in [5.41, 5.74) is 4.65. The van der Waals surface area contributed by atoms with Gasteiger partial charge in [0.25, 0.3) is 0 Å². The molecule has 21 heavy (non-hydrogen) atoms. The molecule has 0 heterocycles. The first-order valence-corrected chi connectivity index (χ1v) is 9.46. The Labute approximate surface area is 132 Å². The normalized spacial score (nSPS) is 20.0. The van der Waals surface area contributed by atoms with Crippen LogP contribution in [-0.2, 0) is 6.42 Å². The summed E-state index contributed by atoms with van der Waals surface area (Å²) in [5.74, 6) is 0.934. The van der Waals surface area contributed by atoms with Gasteiger partial charge < -0.3 is 0 Å². The van der Waals surface area contributed by atoms with Crippen LogP contribution in [-0.4, -0.2) is 9.52 Å². The molecule has 0 atom stereocenters. The standard InChI is InChI=1S/C20H26Si/c1-15-12-13-19(16(15)2)21-20-11-7-6-10-18(20)14-17-8-4-3-5-9-17/h6-7,10-12,17H,3-5,8-9,13-14H2,1-2H3. The second-order valence-electron chi connectivity index (χ2n) is 6.69. The molecule has 0 saturated heterocycles. The summed E-state index contributed by atoms with van der Waals surface area (Å²) >= 11 is 0. The third-order valence-corrected chi connectivity index (χ3v) is 6.83. The SMILES string of the molecule is CC1=CCC([Si]c2ccccc2CC2CCCCC2)=C1C. The summed E-state index contributed by atoms with van der Waals surface area (Å²) in [5, 5.41) is 3.25. The van der Waals surface area contributed by atoms with E-state index in [1.54, 1.807) is 21.5 Å². The molecule has 0 nitrogen and oxygen atoms in total. The van der Waals surface area contributed by atoms with Gasteiger partial charge in [-0.15, -0.1) is 0 Å². The quantitative estimate of drug-likeness (QED) is 0.702. The lowest BCUT2D eigenvalue weighted by atomic mass is 9.85. The summed E-state index contributed by atoms with van der Waals surface area (Å²) in [4.78, 5) is 0. The first-order valence-electron chi connectivity index (χ1n) is 8.46. The van der Waals surface area contributed by atoms with Crippen molar-refractivity contribution in [2.24, 2.45) is 5.92 Å². The summed E-state index contributed by atoms with van der Waals surface area (Å²) in [6.45, 7) is 4.55. The van der Waals surface area contributed by atoms with Gasteiger partial charge in [-0.3, -0.25) is 0 Å². The maximum atomic E-state index is 2.39. The Morgan fingerprint density at radius 3 is 2.52 bits per heavy atom. The Morgan fingerprint density at radius 1 is 1.05 bits per heavy atom. The zero-order valence-electron chi connectivity index (χ0n) is 13.4. The monoisotopic (exact) mass is 294 g/mol. The molecule has 0 spiro atoms. The molecule has 0 bridgehead atoms. The third kappa shape index (κ3) is 3.57. The average Bonchev–Trinajstić information content (AvgIpc) is 2.82. The Morgan fingerprint density at radius 2 is 1.81 bits per heavy atom. The fraction of sp³-hybridized carbons (Fsp3) is 0.500. The van der Waals surface area contributed by atoms with E-state index in [4.69, 9.17) is 0 Å². The van der Waals surface area contributed by atoms with Gasteiger partial charge in [0.2, 0.25) is 0 Å². The molecule has 2 radical (unpaired) electrons. The molecule has 0 N–H and O–H groups in total. The molecular formula is C20H26Si. The van der Waals surface area contributed by atoms with Crippen molar-refractivity contribution in [3.63, 3.8) is 0 Å². The van der Waals surface area contributed by atoms with Crippen molar-refractivity contribution in [3.8, 4) is 0 Å². The van der Waals surface area contributed by atoms with E-state index in [2.05, 4.69) is 44.2 Å². The zero-order chi connectivity index (χ0) is 14.7. The topological polar surface area (TPSA) is 0 Å². The second kappa shape index (κ2) is 6.78. The van der Waals surface area contributed by atoms with Crippen molar-refractivity contribution in [2.45, 2.75) is 58.8 Å². The highest BCUT2D eigenvalue weighted by atomic mass is 28.2. The smallest absolute Gasteiger partial charge is 0.0777 e. The summed E-state index contributed by atoms with van der Waals surface area (Å²) in [7, 11) is 0.872. The van der Waals surface area contributed by atoms with E-state index in [9.17, 15) is 0 Å². The third-order valence-electron chi connectivity index (χ3n) is 5.19. The first kappa shape index (κ1) is 14.8. The molecule has 1 fully saturated rings. The predicted octanol–water partition coefficient (Wildman–Crippen LogP) is 4.76. The van der Waals surface area contributed by atoms with Crippen LogP contribution in [0.1, 0.15) is 57.9 Å². The van der Waals surface area contributed by atoms with Gasteiger partial charge in [-0.1, -0.05) is 84.0 Å². The lowest BCUT2D eigenvalue weighted by Gasteiger charge is -2.22. The Hall–Kier alpha value is -1.08. The molecule has 0 amide bonds. The predicted molar refractivity (Wildman–Crippen MR) is 93.2 cm³/mol. The molecular weight excluding hydrogens is 268 g/mol. The van der Waals surface area contributed by atoms with Gasteiger partial charge >= 0.3 is 0 Å². The molecule has 2 aliphatic rings. The van der Waals surface area contributed by atoms with E-state index in [-0.39, 0.29) is 0 Å². The van der Waals surface area contributed by atoms with Crippen LogP contribution < -0.4 is 5.19 Å². The Kier molecular flexibility index (Phi) is 4.79. The van der Waals surface area contributed by atoms with Gasteiger partial charge in [-0.25, -0.2) is 0 Å². The maximum Gasteiger partial charge on any atom is 0.117 e. The summed E-state index contributed by atoms with van der Waals surface area (Å²) < 4.78 is 0. The Balaban J connectivity index is 1.74. The van der Waals surface area contributed by atoms with E-state index in [1.807, 2.05) is 0 Å². The maximum absolute atomic E-state index is 2.39. The molecule has 1 aromatic rings. The number of allylic oxidation sites excluding steroid dienone is 4. The van der Waals surface area contributed by atoms with Gasteiger partial charge in [0.15, 0.2) is 0 Å². The molecule has 0 aromatic heterocycles. The van der Waals surface area contributed by atoms with E-state index in [0.717, 1.165) is 15.4 Å². The largest absolute Gasteiger partial charge is 0.117 e. The van der Waals surface area contributed by atoms with Crippen LogP contribution in [0.4, 0.5) is 0 Å². The van der Waals surface area contributed by atoms with E-state index in [1.165, 1.54) is 50.5 Å². The van der Waals surface area contributed by atoms with Gasteiger partial charge in [0, 0.05) is 0 Å². The molecule has 0 aliphatic heterocycles. The highest BCUT2D eigenvalue weighted by Gasteiger charge is 2.17. The number of rotatable bonds is 4. The van der Waals surface area contributed by atoms with Gasteiger partial charge in [-0.2, -0.15) is 0 Å². The minimum Gasteiger partial charge on any atom is -0.0777 e. The van der Waals surface area contributed by atoms with Crippen molar-refractivity contribution < 1.29 is 0 Å². The van der Waals surface area contributed by atoms with Crippen molar-refractivity contribution in [2.75, 3.05) is 0 Å². The van der Waals surface area contributed by atoms with Crippen LogP contribution >= 0.6 is 0 Å². The molecule has 1 aromatic carbocycles. The summed E-state index contributed by atoms with van der Waals surface area (Å²) in [6, 6.07) is 9.19. The number of benzene rings is 1. The Bertz CT molecular complexity index is 559. The lowest BCUT2D eigenvalue weighted by Crippen LogP contribution is -2.23. The summed E-state index contributed by atoms with van der Waals surface area (Å²) in [6.07, 6.45) is 12.1. The van der Waals surface area contributed by atoms with Crippen molar-refractivity contribution in [1.82, 2.24) is 0 Å². The van der Waals surface area contributed by atoms with Crippen LogP contribution in [0.3, 0.4) is 0 Å². The molecule has 1 heteroatoms. The highest BCUT2D eigenvalue weighted by Crippen LogP contribution is 2.27. The van der Waals surface area contributed by atoms with Crippen LogP contribution in [0.5, 0.6) is 0 Å². The zero-order valence-corrected chi connectivity index (χ0v) is 14.4. The van der Waals surface area contributed by atoms with E-state index < -0.39 is 0 Å². The van der Waals surface area contributed by atoms with Crippen LogP contribution in [0.25, 0.3) is 0 Å². The van der Waals surface area contributed by atoms with Gasteiger partial charge in [0.05, 0.1) is 0 Å². The average molecular weight is 295 g/mol. The van der Waals surface area contributed by atoms with Crippen LogP contribution in [0.15, 0.2) is 46.7 Å². The number of hydrogen-bond donors (Lipinski definition) is 0. The van der Waals surface area contributed by atoms with Crippen molar-refractivity contribution >= 4 is 14.7 Å². The second-order valence-corrected chi connectivity index (χ2v) is 8.08. The number of hydrogen-bond acceptors (Lipinski definition) is 0. The lowest BCUT2D eigenvalue weighted by molar-refractivity contribution is 0.357. The van der Waals surface area contributed by atoms with Gasteiger partial charge in [-0.05, 0) is 38.2 Å². The minimum absolute atomic E-state index is 0.872. The molecule has 1 saturated carbocycles. The van der Waals surface area contributed by atoms with Crippen molar-refractivity contribution in [1.29, 1.82) is 0 Å². The van der Waals surface area contributed by atoms with Gasteiger partial charge in [0.1, 0.15) is 9.52 Å². The molecule has 110 valence electrons. The van der Waals surface area contributed by atoms with Crippen LogP contribution in [0.2, 0.25) is 0 Å². The van der Waals surface area contributed by atoms with Crippen LogP contribution in [0, 0.1) is 5.92 Å². The first-order chi connectivity index (χ1) is 10.2. The molecule has 0 unspecified atom stereocenters. The highest BCUT2D eigenvalue weighted by molar-refractivity contribution is 6.62.